The third-order valence-corrected chi connectivity index (χ3v) is 4.24. The van der Waals surface area contributed by atoms with Crippen LogP contribution in [-0.2, 0) is 19.9 Å². The fourth-order valence-corrected chi connectivity index (χ4v) is 2.52. The van der Waals surface area contributed by atoms with E-state index in [9.17, 15) is 9.59 Å². The minimum Gasteiger partial charge on any atom is -0.497 e. The quantitative estimate of drug-likeness (QED) is 0.760. The number of amides is 2. The van der Waals surface area contributed by atoms with Gasteiger partial charge in [0.05, 0.1) is 13.7 Å². The molecule has 0 aliphatic carbocycles. The van der Waals surface area contributed by atoms with Crippen molar-refractivity contribution in [2.45, 2.75) is 12.5 Å². The molecule has 1 unspecified atom stereocenters. The minimum atomic E-state index is -0.823. The Morgan fingerprint density at radius 1 is 1.08 bits per heavy atom. The number of carbonyl (C=O) groups excluding carboxylic acids is 2. The highest BCUT2D eigenvalue weighted by molar-refractivity contribution is 6.39. The topological polar surface area (TPSA) is 76.7 Å². The molecule has 0 fully saturated rings. The number of methoxy groups -OCH3 is 2. The maximum Gasteiger partial charge on any atom is 0.313 e. The second-order valence-corrected chi connectivity index (χ2v) is 6.25. The Morgan fingerprint density at radius 2 is 1.81 bits per heavy atom. The SMILES string of the molecule is COc1cccc(NC(=O)C(=O)NCC(C)(OC)c2cccc(Cl)c2)c1. The molecule has 2 N–H and O–H groups in total. The summed E-state index contributed by atoms with van der Waals surface area (Å²) in [5.74, 6) is -0.961. The summed E-state index contributed by atoms with van der Waals surface area (Å²) in [6.07, 6.45) is 0. The molecule has 0 heterocycles. The number of hydrogen-bond donors (Lipinski definition) is 2. The molecule has 0 bridgehead atoms. The lowest BCUT2D eigenvalue weighted by Gasteiger charge is -2.29. The average molecular weight is 377 g/mol. The van der Waals surface area contributed by atoms with E-state index in [2.05, 4.69) is 10.6 Å². The van der Waals surface area contributed by atoms with E-state index in [4.69, 9.17) is 21.1 Å². The molecule has 1 atom stereocenters. The molecule has 7 heteroatoms. The zero-order valence-electron chi connectivity index (χ0n) is 14.8. The van der Waals surface area contributed by atoms with Crippen molar-refractivity contribution >= 4 is 29.1 Å². The van der Waals surface area contributed by atoms with Gasteiger partial charge in [0.2, 0.25) is 0 Å². The normalized spacial score (nSPS) is 12.8. The molecule has 0 saturated carbocycles. The van der Waals surface area contributed by atoms with Crippen molar-refractivity contribution in [3.8, 4) is 5.75 Å². The van der Waals surface area contributed by atoms with Gasteiger partial charge in [0.1, 0.15) is 11.4 Å². The molecule has 2 aromatic carbocycles. The number of nitrogens with one attached hydrogen (secondary N) is 2. The van der Waals surface area contributed by atoms with Crippen LogP contribution in [-0.4, -0.2) is 32.6 Å². The van der Waals surface area contributed by atoms with Crippen LogP contribution in [0.4, 0.5) is 5.69 Å². The summed E-state index contributed by atoms with van der Waals surface area (Å²) in [6.45, 7) is 1.91. The lowest BCUT2D eigenvalue weighted by Crippen LogP contribution is -2.44. The van der Waals surface area contributed by atoms with Crippen LogP contribution in [0.5, 0.6) is 5.75 Å². The molecule has 26 heavy (non-hydrogen) atoms. The molecule has 0 aromatic heterocycles. The van der Waals surface area contributed by atoms with Gasteiger partial charge in [-0.1, -0.05) is 29.8 Å². The van der Waals surface area contributed by atoms with Crippen molar-refractivity contribution < 1.29 is 19.1 Å². The van der Waals surface area contributed by atoms with Gasteiger partial charge in [0.25, 0.3) is 0 Å². The number of halogens is 1. The van der Waals surface area contributed by atoms with E-state index in [0.717, 1.165) is 5.56 Å². The summed E-state index contributed by atoms with van der Waals surface area (Å²) < 4.78 is 10.6. The van der Waals surface area contributed by atoms with Crippen molar-refractivity contribution in [1.82, 2.24) is 5.32 Å². The summed E-state index contributed by atoms with van der Waals surface area (Å²) in [5.41, 5.74) is 0.437. The summed E-state index contributed by atoms with van der Waals surface area (Å²) in [6, 6.07) is 13.9. The predicted molar refractivity (Wildman–Crippen MR) is 100 cm³/mol. The van der Waals surface area contributed by atoms with E-state index in [1.807, 2.05) is 6.07 Å². The van der Waals surface area contributed by atoms with E-state index >= 15 is 0 Å². The Labute approximate surface area is 157 Å². The molecule has 2 amide bonds. The monoisotopic (exact) mass is 376 g/mol. The van der Waals surface area contributed by atoms with Gasteiger partial charge in [0, 0.05) is 23.9 Å². The van der Waals surface area contributed by atoms with Gasteiger partial charge in [-0.15, -0.1) is 0 Å². The van der Waals surface area contributed by atoms with E-state index in [-0.39, 0.29) is 6.54 Å². The smallest absolute Gasteiger partial charge is 0.313 e. The van der Waals surface area contributed by atoms with Crippen molar-refractivity contribution in [2.24, 2.45) is 0 Å². The third kappa shape index (κ3) is 4.97. The maximum atomic E-state index is 12.1. The van der Waals surface area contributed by atoms with Crippen LogP contribution in [0.15, 0.2) is 48.5 Å². The third-order valence-electron chi connectivity index (χ3n) is 4.01. The Kier molecular flexibility index (Phi) is 6.60. The number of anilines is 1. The summed E-state index contributed by atoms with van der Waals surface area (Å²) in [5, 5.41) is 5.68. The highest BCUT2D eigenvalue weighted by Crippen LogP contribution is 2.26. The first-order chi connectivity index (χ1) is 12.4. The van der Waals surface area contributed by atoms with Gasteiger partial charge >= 0.3 is 11.8 Å². The summed E-state index contributed by atoms with van der Waals surface area (Å²) >= 11 is 6.02. The summed E-state index contributed by atoms with van der Waals surface area (Å²) in [7, 11) is 3.05. The number of hydrogen-bond acceptors (Lipinski definition) is 4. The van der Waals surface area contributed by atoms with Crippen LogP contribution < -0.4 is 15.4 Å². The molecule has 0 aliphatic rings. The van der Waals surface area contributed by atoms with Gasteiger partial charge < -0.3 is 20.1 Å². The molecular weight excluding hydrogens is 356 g/mol. The molecule has 0 aliphatic heterocycles. The molecule has 6 nitrogen and oxygen atoms in total. The lowest BCUT2D eigenvalue weighted by atomic mass is 9.95. The van der Waals surface area contributed by atoms with Gasteiger partial charge in [-0.05, 0) is 36.8 Å². The van der Waals surface area contributed by atoms with Crippen LogP contribution >= 0.6 is 11.6 Å². The highest BCUT2D eigenvalue weighted by atomic mass is 35.5. The van der Waals surface area contributed by atoms with Crippen LogP contribution in [0.3, 0.4) is 0 Å². The van der Waals surface area contributed by atoms with Crippen molar-refractivity contribution in [3.05, 3.63) is 59.1 Å². The molecule has 2 aromatic rings. The highest BCUT2D eigenvalue weighted by Gasteiger charge is 2.28. The second kappa shape index (κ2) is 8.69. The number of carbonyl (C=O) groups is 2. The van der Waals surface area contributed by atoms with Crippen LogP contribution in [0.2, 0.25) is 5.02 Å². The Balaban J connectivity index is 2.00. The molecule has 2 rings (SSSR count). The average Bonchev–Trinajstić information content (AvgIpc) is 2.65. The molecule has 138 valence electrons. The Hall–Kier alpha value is -2.57. The van der Waals surface area contributed by atoms with Crippen molar-refractivity contribution in [3.63, 3.8) is 0 Å². The van der Waals surface area contributed by atoms with Crippen molar-refractivity contribution in [2.75, 3.05) is 26.1 Å². The predicted octanol–water partition coefficient (Wildman–Crippen LogP) is 2.97. The standard InChI is InChI=1S/C19H21ClN2O4/c1-19(26-3,13-6-4-7-14(20)10-13)12-21-17(23)18(24)22-15-8-5-9-16(11-15)25-2/h4-11H,12H2,1-3H3,(H,21,23)(H,22,24). The first kappa shape index (κ1) is 19.8. The number of ether oxygens (including phenoxy) is 2. The molecule has 0 saturated heterocycles. The van der Waals surface area contributed by atoms with Crippen LogP contribution in [0, 0.1) is 0 Å². The maximum absolute atomic E-state index is 12.1. The minimum absolute atomic E-state index is 0.105. The Bertz CT molecular complexity index is 797. The van der Waals surface area contributed by atoms with Gasteiger partial charge in [-0.25, -0.2) is 0 Å². The fourth-order valence-electron chi connectivity index (χ4n) is 2.33. The van der Waals surface area contributed by atoms with Crippen molar-refractivity contribution in [1.29, 1.82) is 0 Å². The van der Waals surface area contributed by atoms with Gasteiger partial charge in [0.15, 0.2) is 0 Å². The second-order valence-electron chi connectivity index (χ2n) is 5.81. The van der Waals surface area contributed by atoms with Gasteiger partial charge in [-0.2, -0.15) is 0 Å². The largest absolute Gasteiger partial charge is 0.497 e. The number of rotatable bonds is 6. The van der Waals surface area contributed by atoms with Crippen LogP contribution in [0.25, 0.3) is 0 Å². The zero-order valence-corrected chi connectivity index (χ0v) is 15.6. The summed E-state index contributed by atoms with van der Waals surface area (Å²) in [4.78, 5) is 24.2. The Morgan fingerprint density at radius 3 is 2.46 bits per heavy atom. The molecule has 0 radical (unpaired) electrons. The first-order valence-electron chi connectivity index (χ1n) is 7.92. The first-order valence-corrected chi connectivity index (χ1v) is 8.30. The number of benzene rings is 2. The van der Waals surface area contributed by atoms with E-state index in [0.29, 0.717) is 16.5 Å². The zero-order chi connectivity index (χ0) is 19.2. The molecular formula is C19H21ClN2O4. The lowest BCUT2D eigenvalue weighted by molar-refractivity contribution is -0.137. The van der Waals surface area contributed by atoms with Gasteiger partial charge in [-0.3, -0.25) is 9.59 Å². The van der Waals surface area contributed by atoms with Crippen LogP contribution in [0.1, 0.15) is 12.5 Å². The van der Waals surface area contributed by atoms with E-state index < -0.39 is 17.4 Å². The fraction of sp³-hybridized carbons (Fsp3) is 0.263. The van der Waals surface area contributed by atoms with E-state index in [1.54, 1.807) is 49.4 Å². The van der Waals surface area contributed by atoms with E-state index in [1.165, 1.54) is 14.2 Å². The molecule has 0 spiro atoms.